The Balaban J connectivity index is 3.87. The molecule has 2 unspecified atom stereocenters. The molecule has 0 rings (SSSR count). The Kier molecular flexibility index (Phi) is 79.5. The van der Waals surface area contributed by atoms with Gasteiger partial charge in [0.15, 0.2) is 6.10 Å². The minimum Gasteiger partial charge on any atom is -0.462 e. The maximum absolute atomic E-state index is 12.8. The molecule has 0 saturated carbocycles. The molecule has 0 heterocycles. The average Bonchev–Trinajstić information content (AvgIpc) is 1.01. The number of nitrogens with two attached hydrogens (primary N) is 1. The van der Waals surface area contributed by atoms with Crippen LogP contribution < -0.4 is 5.73 Å². The van der Waals surface area contributed by atoms with Crippen LogP contribution in [0, 0.1) is 0 Å². The standard InChI is InChI=1S/C91H150NO8P/c1-3-5-7-9-11-13-15-17-19-21-23-25-27-29-31-33-35-37-39-41-43-44-46-47-49-51-53-55-57-59-61-63-65-67-69-71-73-75-77-79-81-83-90(93)97-87-89(88-99-101(95,96)98-86-85-92)100-91(94)84-82-80-78-76-74-72-70-68-66-64-62-60-58-56-54-52-50-48-45-42-40-38-36-34-32-30-28-26-24-22-20-18-16-14-12-10-8-6-4-2/h5-8,11-14,17-20,23-26,29-32,35-38,41-43,45,50,52,56,58,89H,3-4,9-10,15-16,21-22,27-28,33-34,39-40,44,46-49,51,53-55,57,59-88,92H2,1-2H3,(H,95,96)/b7-5-,8-6-,13-11-,14-12-,19-17-,20-18-,25-23-,26-24-,31-29-,32-30-,37-35-,38-36-,43-41-,45-42-,52-50-,58-56-. The Labute approximate surface area is 621 Å². The number of allylic oxidation sites excluding steroid dienone is 32. The monoisotopic (exact) mass is 1420 g/mol. The van der Waals surface area contributed by atoms with Gasteiger partial charge in [0.1, 0.15) is 6.61 Å². The van der Waals surface area contributed by atoms with Gasteiger partial charge in [0.05, 0.1) is 13.2 Å². The second-order valence-corrected chi connectivity index (χ2v) is 28.0. The van der Waals surface area contributed by atoms with E-state index >= 15 is 0 Å². The Hall–Kier alpha value is -5.15. The Bertz CT molecular complexity index is 2370. The van der Waals surface area contributed by atoms with E-state index in [0.29, 0.717) is 6.42 Å². The maximum atomic E-state index is 12.8. The molecular weight excluding hydrogens is 1270 g/mol. The largest absolute Gasteiger partial charge is 0.472 e. The van der Waals surface area contributed by atoms with Crippen LogP contribution in [0.15, 0.2) is 194 Å². The van der Waals surface area contributed by atoms with Crippen molar-refractivity contribution in [2.45, 2.75) is 341 Å². The highest BCUT2D eigenvalue weighted by atomic mass is 31.2. The van der Waals surface area contributed by atoms with E-state index in [0.717, 1.165) is 148 Å². The molecule has 0 aliphatic carbocycles. The molecule has 0 amide bonds. The highest BCUT2D eigenvalue weighted by Crippen LogP contribution is 2.43. The van der Waals surface area contributed by atoms with Crippen molar-refractivity contribution >= 4 is 19.8 Å². The highest BCUT2D eigenvalue weighted by molar-refractivity contribution is 7.47. The molecule has 101 heavy (non-hydrogen) atoms. The first-order chi connectivity index (χ1) is 49.8. The fourth-order valence-electron chi connectivity index (χ4n) is 11.0. The van der Waals surface area contributed by atoms with Gasteiger partial charge in [-0.3, -0.25) is 18.6 Å². The van der Waals surface area contributed by atoms with Gasteiger partial charge in [-0.25, -0.2) is 4.57 Å². The van der Waals surface area contributed by atoms with Crippen LogP contribution >= 0.6 is 7.82 Å². The molecule has 0 aliphatic heterocycles. The third kappa shape index (κ3) is 83.7. The van der Waals surface area contributed by atoms with E-state index in [1.807, 2.05) is 0 Å². The second kappa shape index (κ2) is 83.8. The van der Waals surface area contributed by atoms with Crippen LogP contribution in [-0.2, 0) is 32.7 Å². The molecule has 0 fully saturated rings. The molecule has 0 aliphatic rings. The van der Waals surface area contributed by atoms with Crippen molar-refractivity contribution in [2.24, 2.45) is 5.73 Å². The zero-order valence-electron chi connectivity index (χ0n) is 64.6. The van der Waals surface area contributed by atoms with Crippen molar-refractivity contribution in [3.05, 3.63) is 194 Å². The number of ether oxygens (including phenoxy) is 2. The van der Waals surface area contributed by atoms with Gasteiger partial charge in [-0.2, -0.15) is 0 Å². The van der Waals surface area contributed by atoms with E-state index in [1.165, 1.54) is 154 Å². The summed E-state index contributed by atoms with van der Waals surface area (Å²) >= 11 is 0. The summed E-state index contributed by atoms with van der Waals surface area (Å²) in [5.74, 6) is -0.830. The molecule has 0 aromatic rings. The van der Waals surface area contributed by atoms with Gasteiger partial charge in [0, 0.05) is 19.4 Å². The van der Waals surface area contributed by atoms with Crippen molar-refractivity contribution in [1.29, 1.82) is 0 Å². The summed E-state index contributed by atoms with van der Waals surface area (Å²) in [7, 11) is -4.41. The number of unbranched alkanes of at least 4 members (excludes halogenated alkanes) is 30. The second-order valence-electron chi connectivity index (χ2n) is 26.5. The van der Waals surface area contributed by atoms with Crippen LogP contribution in [0.2, 0.25) is 0 Å². The van der Waals surface area contributed by atoms with Crippen LogP contribution in [0.5, 0.6) is 0 Å². The molecule has 10 heteroatoms. The minimum atomic E-state index is -4.41. The first-order valence-electron chi connectivity index (χ1n) is 40.9. The lowest BCUT2D eigenvalue weighted by Gasteiger charge is -2.19. The van der Waals surface area contributed by atoms with Crippen LogP contribution in [0.4, 0.5) is 0 Å². The predicted molar refractivity (Wildman–Crippen MR) is 440 cm³/mol. The predicted octanol–water partition coefficient (Wildman–Crippen LogP) is 28.0. The normalized spacial score (nSPS) is 13.9. The van der Waals surface area contributed by atoms with Crippen molar-refractivity contribution in [2.75, 3.05) is 26.4 Å². The number of phosphoric ester groups is 1. The lowest BCUT2D eigenvalue weighted by Crippen LogP contribution is -2.29. The molecule has 0 bridgehead atoms. The van der Waals surface area contributed by atoms with Gasteiger partial charge in [0.25, 0.3) is 0 Å². The van der Waals surface area contributed by atoms with Gasteiger partial charge >= 0.3 is 19.8 Å². The van der Waals surface area contributed by atoms with E-state index in [9.17, 15) is 19.0 Å². The summed E-state index contributed by atoms with van der Waals surface area (Å²) in [5, 5.41) is 0. The summed E-state index contributed by atoms with van der Waals surface area (Å²) in [4.78, 5) is 35.5. The number of carbonyl (C=O) groups excluding carboxylic acids is 2. The lowest BCUT2D eigenvalue weighted by molar-refractivity contribution is -0.161. The SMILES string of the molecule is CC/C=C\C/C=C\C/C=C\C/C=C\C/C=C\C/C=C\C/C=C\C/C=C\C/C=C\CCCCCCCCCCCCCC(=O)OC(COC(=O)CCCCCCCCCCCCCCCCCCCCC/C=C\C/C=C\C/C=C\C/C=C\C/C=C\C/C=C\C/C=C\CC)COP(=O)(O)OCCN. The number of hydrogen-bond donors (Lipinski definition) is 2. The summed E-state index contributed by atoms with van der Waals surface area (Å²) in [6, 6.07) is 0. The molecule has 0 spiro atoms. The molecular formula is C91H150NO8P. The summed E-state index contributed by atoms with van der Waals surface area (Å²) < 4.78 is 33.3. The van der Waals surface area contributed by atoms with E-state index in [2.05, 4.69) is 208 Å². The first-order valence-corrected chi connectivity index (χ1v) is 42.4. The van der Waals surface area contributed by atoms with Gasteiger partial charge in [0.2, 0.25) is 0 Å². The molecule has 0 radical (unpaired) electrons. The number of esters is 2. The van der Waals surface area contributed by atoms with Gasteiger partial charge < -0.3 is 20.1 Å². The molecule has 0 saturated heterocycles. The number of carbonyl (C=O) groups is 2. The van der Waals surface area contributed by atoms with Crippen molar-refractivity contribution in [3.63, 3.8) is 0 Å². The zero-order valence-corrected chi connectivity index (χ0v) is 65.5. The van der Waals surface area contributed by atoms with Crippen molar-refractivity contribution in [3.8, 4) is 0 Å². The van der Waals surface area contributed by atoms with E-state index in [-0.39, 0.29) is 38.6 Å². The van der Waals surface area contributed by atoms with Crippen LogP contribution in [0.3, 0.4) is 0 Å². The minimum absolute atomic E-state index is 0.0464. The maximum Gasteiger partial charge on any atom is 0.472 e. The lowest BCUT2D eigenvalue weighted by atomic mass is 10.0. The van der Waals surface area contributed by atoms with Gasteiger partial charge in [-0.1, -0.05) is 375 Å². The van der Waals surface area contributed by atoms with Crippen LogP contribution in [-0.4, -0.2) is 49.3 Å². The molecule has 0 aromatic heterocycles. The fraction of sp³-hybridized carbons (Fsp3) is 0.626. The van der Waals surface area contributed by atoms with Crippen molar-refractivity contribution in [1.82, 2.24) is 0 Å². The number of hydrogen-bond acceptors (Lipinski definition) is 8. The van der Waals surface area contributed by atoms with E-state index in [1.54, 1.807) is 0 Å². The average molecular weight is 1420 g/mol. The summed E-state index contributed by atoms with van der Waals surface area (Å²) in [5.41, 5.74) is 5.42. The van der Waals surface area contributed by atoms with E-state index < -0.39 is 26.5 Å². The van der Waals surface area contributed by atoms with Crippen LogP contribution in [0.1, 0.15) is 335 Å². The topological polar surface area (TPSA) is 134 Å². The Morgan fingerprint density at radius 3 is 0.762 bits per heavy atom. The first kappa shape index (κ1) is 95.8. The van der Waals surface area contributed by atoms with Gasteiger partial charge in [-0.15, -0.1) is 0 Å². The molecule has 572 valence electrons. The van der Waals surface area contributed by atoms with E-state index in [4.69, 9.17) is 24.3 Å². The fourth-order valence-corrected chi connectivity index (χ4v) is 11.8. The Morgan fingerprint density at radius 1 is 0.297 bits per heavy atom. The summed E-state index contributed by atoms with van der Waals surface area (Å²) in [6.45, 7) is 3.53. The zero-order chi connectivity index (χ0) is 72.9. The molecule has 2 atom stereocenters. The molecule has 0 aromatic carbocycles. The highest BCUT2D eigenvalue weighted by Gasteiger charge is 2.26. The van der Waals surface area contributed by atoms with Gasteiger partial charge in [-0.05, 0) is 141 Å². The molecule has 9 nitrogen and oxygen atoms in total. The Morgan fingerprint density at radius 2 is 0.515 bits per heavy atom. The third-order valence-corrected chi connectivity index (χ3v) is 18.0. The number of rotatable bonds is 75. The molecule has 3 N–H and O–H groups in total. The summed E-state index contributed by atoms with van der Waals surface area (Å²) in [6.07, 6.45) is 127. The van der Waals surface area contributed by atoms with Crippen LogP contribution in [0.25, 0.3) is 0 Å². The van der Waals surface area contributed by atoms with Crippen molar-refractivity contribution < 1.29 is 37.6 Å². The quantitative estimate of drug-likeness (QED) is 0.0264. The smallest absolute Gasteiger partial charge is 0.462 e. The number of phosphoric acid groups is 1. The third-order valence-electron chi connectivity index (χ3n) is 17.0.